The molecule has 0 amide bonds. The molecule has 0 fully saturated rings. The van der Waals surface area contributed by atoms with Gasteiger partial charge in [-0.1, -0.05) is 42.5 Å². The highest BCUT2D eigenvalue weighted by Crippen LogP contribution is 2.33. The fraction of sp³-hybridized carbons (Fsp3) is 0.208. The number of hydrogen-bond donors (Lipinski definition) is 1. The fourth-order valence-electron chi connectivity index (χ4n) is 3.38. The van der Waals surface area contributed by atoms with E-state index in [0.29, 0.717) is 12.3 Å². The van der Waals surface area contributed by atoms with Crippen molar-refractivity contribution in [3.8, 4) is 26.9 Å². The Kier molecular flexibility index (Phi) is 7.20. The van der Waals surface area contributed by atoms with E-state index in [4.69, 9.17) is 4.74 Å². The molecule has 0 aliphatic heterocycles. The summed E-state index contributed by atoms with van der Waals surface area (Å²) in [6.45, 7) is 4.11. The third kappa shape index (κ3) is 5.24. The van der Waals surface area contributed by atoms with Gasteiger partial charge in [-0.25, -0.2) is 22.8 Å². The third-order valence-electron chi connectivity index (χ3n) is 4.97. The van der Waals surface area contributed by atoms with Gasteiger partial charge in [0.25, 0.3) is 5.56 Å². The van der Waals surface area contributed by atoms with Crippen molar-refractivity contribution in [2.45, 2.75) is 25.3 Å². The topological polar surface area (TPSA) is 103 Å². The zero-order chi connectivity index (χ0) is 24.1. The Balaban J connectivity index is 1.52. The van der Waals surface area contributed by atoms with Crippen LogP contribution in [-0.4, -0.2) is 36.3 Å². The minimum atomic E-state index is -3.82. The van der Waals surface area contributed by atoms with Crippen LogP contribution < -0.4 is 15.0 Å². The van der Waals surface area contributed by atoms with Gasteiger partial charge in [-0.3, -0.25) is 4.79 Å². The average Bonchev–Trinajstić information content (AvgIpc) is 3.23. The first kappa shape index (κ1) is 23.8. The van der Waals surface area contributed by atoms with Crippen LogP contribution in [0.4, 0.5) is 0 Å². The van der Waals surface area contributed by atoms with Crippen LogP contribution in [-0.2, 0) is 16.6 Å². The van der Waals surface area contributed by atoms with Crippen LogP contribution in [0.25, 0.3) is 21.1 Å². The van der Waals surface area contributed by atoms with Gasteiger partial charge in [0, 0.05) is 18.2 Å². The number of ether oxygens (including phenoxy) is 1. The molecule has 0 saturated carbocycles. The van der Waals surface area contributed by atoms with Crippen molar-refractivity contribution in [2.24, 2.45) is 0 Å². The van der Waals surface area contributed by atoms with Crippen molar-refractivity contribution in [3.05, 3.63) is 82.8 Å². The standard InChI is InChI=1S/C24H24N4O4S2/c1-3-32-20-11-7-8-12-21(20)34(30,31)25-15-16-28-22(29)14-13-19(27-28)23-17(2)26-24(33-23)18-9-5-4-6-10-18/h4-14,25H,3,15-16H2,1-2H3. The van der Waals surface area contributed by atoms with Crippen molar-refractivity contribution < 1.29 is 13.2 Å². The first-order valence-corrected chi connectivity index (χ1v) is 13.0. The molecule has 0 radical (unpaired) electrons. The molecule has 0 bridgehead atoms. The second-order valence-corrected chi connectivity index (χ2v) is 10.1. The molecule has 0 unspecified atom stereocenters. The maximum Gasteiger partial charge on any atom is 0.266 e. The number of aryl methyl sites for hydroxylation is 1. The Labute approximate surface area is 201 Å². The highest BCUT2D eigenvalue weighted by molar-refractivity contribution is 7.89. The molecule has 8 nitrogen and oxygen atoms in total. The lowest BCUT2D eigenvalue weighted by atomic mass is 10.2. The van der Waals surface area contributed by atoms with Crippen molar-refractivity contribution >= 4 is 21.4 Å². The minimum absolute atomic E-state index is 0.00388. The van der Waals surface area contributed by atoms with Gasteiger partial charge in [0.05, 0.1) is 23.7 Å². The molecular formula is C24H24N4O4S2. The summed E-state index contributed by atoms with van der Waals surface area (Å²) >= 11 is 1.50. The van der Waals surface area contributed by atoms with E-state index in [1.807, 2.05) is 37.3 Å². The van der Waals surface area contributed by atoms with Crippen molar-refractivity contribution in [3.63, 3.8) is 0 Å². The summed E-state index contributed by atoms with van der Waals surface area (Å²) in [5.41, 5.74) is 2.12. The van der Waals surface area contributed by atoms with E-state index in [1.54, 1.807) is 31.2 Å². The van der Waals surface area contributed by atoms with E-state index in [0.717, 1.165) is 21.1 Å². The quantitative estimate of drug-likeness (QED) is 0.379. The number of benzene rings is 2. The second kappa shape index (κ2) is 10.3. The largest absolute Gasteiger partial charge is 0.492 e. The minimum Gasteiger partial charge on any atom is -0.492 e. The van der Waals surface area contributed by atoms with Crippen molar-refractivity contribution in [1.29, 1.82) is 0 Å². The van der Waals surface area contributed by atoms with E-state index in [2.05, 4.69) is 14.8 Å². The van der Waals surface area contributed by atoms with E-state index < -0.39 is 10.0 Å². The molecule has 2 aromatic carbocycles. The SMILES string of the molecule is CCOc1ccccc1S(=O)(=O)NCCn1nc(-c2sc(-c3ccccc3)nc2C)ccc1=O. The van der Waals surface area contributed by atoms with Gasteiger partial charge in [0.1, 0.15) is 21.3 Å². The Hall–Kier alpha value is -3.34. The van der Waals surface area contributed by atoms with E-state index in [9.17, 15) is 13.2 Å². The summed E-state index contributed by atoms with van der Waals surface area (Å²) in [5, 5.41) is 5.33. The van der Waals surface area contributed by atoms with Crippen molar-refractivity contribution in [1.82, 2.24) is 19.5 Å². The number of aromatic nitrogens is 3. The molecule has 4 rings (SSSR count). The van der Waals surface area contributed by atoms with Gasteiger partial charge < -0.3 is 4.74 Å². The first-order valence-electron chi connectivity index (χ1n) is 10.7. The van der Waals surface area contributed by atoms with Gasteiger partial charge in [-0.15, -0.1) is 11.3 Å². The number of nitrogens with one attached hydrogen (secondary N) is 1. The molecule has 34 heavy (non-hydrogen) atoms. The molecule has 0 atom stereocenters. The highest BCUT2D eigenvalue weighted by Gasteiger charge is 2.19. The van der Waals surface area contributed by atoms with Crippen LogP contribution in [0.1, 0.15) is 12.6 Å². The van der Waals surface area contributed by atoms with E-state index in [1.165, 1.54) is 28.2 Å². The average molecular weight is 497 g/mol. The number of hydrogen-bond acceptors (Lipinski definition) is 7. The molecule has 0 aliphatic carbocycles. The smallest absolute Gasteiger partial charge is 0.266 e. The Morgan fingerprint density at radius 2 is 1.76 bits per heavy atom. The van der Waals surface area contributed by atoms with Gasteiger partial charge in [0.15, 0.2) is 0 Å². The van der Waals surface area contributed by atoms with E-state index >= 15 is 0 Å². The first-order chi connectivity index (χ1) is 16.4. The van der Waals surface area contributed by atoms with Crippen LogP contribution in [0.5, 0.6) is 5.75 Å². The predicted molar refractivity (Wildman–Crippen MR) is 133 cm³/mol. The summed E-state index contributed by atoms with van der Waals surface area (Å²) in [4.78, 5) is 17.9. The summed E-state index contributed by atoms with van der Waals surface area (Å²) < 4.78 is 34.7. The van der Waals surface area contributed by atoms with Gasteiger partial charge in [-0.05, 0) is 32.0 Å². The lowest BCUT2D eigenvalue weighted by Crippen LogP contribution is -2.32. The number of sulfonamides is 1. The molecule has 2 heterocycles. The van der Waals surface area contributed by atoms with Gasteiger partial charge in [-0.2, -0.15) is 5.10 Å². The fourth-order valence-corrected chi connectivity index (χ4v) is 5.58. The molecule has 176 valence electrons. The zero-order valence-corrected chi connectivity index (χ0v) is 20.4. The Morgan fingerprint density at radius 3 is 2.53 bits per heavy atom. The van der Waals surface area contributed by atoms with Gasteiger partial charge >= 0.3 is 0 Å². The molecule has 1 N–H and O–H groups in total. The molecule has 0 aliphatic rings. The summed E-state index contributed by atoms with van der Waals surface area (Å²) in [5.74, 6) is 0.282. The molecular weight excluding hydrogens is 472 g/mol. The van der Waals surface area contributed by atoms with Gasteiger partial charge in [0.2, 0.25) is 10.0 Å². The number of thiazole rings is 1. The lowest BCUT2D eigenvalue weighted by Gasteiger charge is -2.12. The summed E-state index contributed by atoms with van der Waals surface area (Å²) in [7, 11) is -3.82. The maximum absolute atomic E-state index is 12.8. The molecule has 2 aromatic heterocycles. The molecule has 0 spiro atoms. The van der Waals surface area contributed by atoms with Crippen LogP contribution >= 0.6 is 11.3 Å². The lowest BCUT2D eigenvalue weighted by molar-refractivity contribution is 0.331. The maximum atomic E-state index is 12.8. The van der Waals surface area contributed by atoms with Crippen LogP contribution in [0, 0.1) is 6.92 Å². The van der Waals surface area contributed by atoms with E-state index in [-0.39, 0.29) is 29.3 Å². The number of rotatable bonds is 9. The number of nitrogens with zero attached hydrogens (tertiary/aromatic N) is 3. The Morgan fingerprint density at radius 1 is 1.03 bits per heavy atom. The highest BCUT2D eigenvalue weighted by atomic mass is 32.2. The molecule has 4 aromatic rings. The Bertz CT molecular complexity index is 1450. The van der Waals surface area contributed by atoms with Crippen LogP contribution in [0.15, 0.2) is 76.4 Å². The monoisotopic (exact) mass is 496 g/mol. The summed E-state index contributed by atoms with van der Waals surface area (Å²) in [6, 6.07) is 19.4. The normalized spacial score (nSPS) is 11.5. The predicted octanol–water partition coefficient (Wildman–Crippen LogP) is 3.72. The van der Waals surface area contributed by atoms with Crippen LogP contribution in [0.3, 0.4) is 0 Å². The zero-order valence-electron chi connectivity index (χ0n) is 18.8. The summed E-state index contributed by atoms with van der Waals surface area (Å²) in [6.07, 6.45) is 0. The number of para-hydroxylation sites is 1. The molecule has 10 heteroatoms. The van der Waals surface area contributed by atoms with Crippen molar-refractivity contribution in [2.75, 3.05) is 13.2 Å². The third-order valence-corrected chi connectivity index (χ3v) is 7.70. The molecule has 0 saturated heterocycles. The second-order valence-electron chi connectivity index (χ2n) is 7.36. The van der Waals surface area contributed by atoms with Crippen LogP contribution in [0.2, 0.25) is 0 Å².